The van der Waals surface area contributed by atoms with Crippen LogP contribution in [0.25, 0.3) is 11.0 Å². The van der Waals surface area contributed by atoms with Crippen LogP contribution in [0.5, 0.6) is 0 Å². The molecular weight excluding hydrogens is 416 g/mol. The van der Waals surface area contributed by atoms with Crippen LogP contribution in [-0.4, -0.2) is 31.0 Å². The Balaban J connectivity index is 1.56. The van der Waals surface area contributed by atoms with Crippen LogP contribution >= 0.6 is 0 Å². The molecule has 0 saturated heterocycles. The summed E-state index contributed by atoms with van der Waals surface area (Å²) in [5.74, 6) is 0.0432. The van der Waals surface area contributed by atoms with Crippen LogP contribution in [0.4, 0.5) is 0 Å². The summed E-state index contributed by atoms with van der Waals surface area (Å²) in [6, 6.07) is 14.8. The van der Waals surface area contributed by atoms with Gasteiger partial charge in [0.25, 0.3) is 5.56 Å². The Kier molecular flexibility index (Phi) is 4.74. The number of nitrogens with two attached hydrogens (primary N) is 1. The monoisotopic (exact) mass is 440 g/mol. The number of nitrogens with one attached hydrogen (secondary N) is 1. The standard InChI is InChI=1S/C25H24N6O2/c1-30-20-7-6-17(25(9-10-25)22(32)21-8-11-28-31(21)2)14-18(20)29-19(24(30)33)13-15-4-3-5-16(12-15)23(26)27/h3-8,11-12,14H,9-10,13H2,1-2H3,(H3,26,27). The van der Waals surface area contributed by atoms with Crippen molar-refractivity contribution < 1.29 is 4.79 Å². The number of benzene rings is 2. The van der Waals surface area contributed by atoms with Gasteiger partial charge in [-0.25, -0.2) is 4.98 Å². The van der Waals surface area contributed by atoms with Crippen LogP contribution in [0.15, 0.2) is 59.5 Å². The lowest BCUT2D eigenvalue weighted by Gasteiger charge is -2.16. The number of carbonyl (C=O) groups excluding carboxylic acids is 1. The van der Waals surface area contributed by atoms with E-state index in [0.717, 1.165) is 24.0 Å². The number of nitrogens with zero attached hydrogens (tertiary/aromatic N) is 4. The number of carbonyl (C=O) groups is 1. The molecule has 1 saturated carbocycles. The first-order valence-corrected chi connectivity index (χ1v) is 10.8. The van der Waals surface area contributed by atoms with E-state index in [2.05, 4.69) is 5.10 Å². The fourth-order valence-electron chi connectivity index (χ4n) is 4.46. The molecular formula is C25H24N6O2. The summed E-state index contributed by atoms with van der Waals surface area (Å²) in [6.45, 7) is 0. The normalized spacial score (nSPS) is 14.4. The molecule has 1 aliphatic rings. The number of fused-ring (bicyclic) bond motifs is 1. The molecule has 1 fully saturated rings. The number of aryl methyl sites for hydroxylation is 2. The zero-order valence-electron chi connectivity index (χ0n) is 18.5. The summed E-state index contributed by atoms with van der Waals surface area (Å²) >= 11 is 0. The number of Topliss-reactive ketones (excluding diaryl/α,β-unsaturated/α-hetero) is 1. The molecule has 0 spiro atoms. The highest BCUT2D eigenvalue weighted by Crippen LogP contribution is 2.50. The Morgan fingerprint density at radius 1 is 1.15 bits per heavy atom. The Bertz CT molecular complexity index is 1490. The minimum Gasteiger partial charge on any atom is -0.384 e. The lowest BCUT2D eigenvalue weighted by atomic mass is 9.89. The van der Waals surface area contributed by atoms with Crippen LogP contribution in [0.1, 0.15) is 45.7 Å². The zero-order chi connectivity index (χ0) is 23.3. The molecule has 0 amide bonds. The van der Waals surface area contributed by atoms with Crippen LogP contribution < -0.4 is 11.3 Å². The molecule has 0 atom stereocenters. The van der Waals surface area contributed by atoms with Crippen molar-refractivity contribution in [2.24, 2.45) is 19.8 Å². The van der Waals surface area contributed by atoms with Gasteiger partial charge < -0.3 is 10.3 Å². The predicted octanol–water partition coefficient (Wildman–Crippen LogP) is 2.46. The third-order valence-corrected chi connectivity index (χ3v) is 6.54. The summed E-state index contributed by atoms with van der Waals surface area (Å²) in [5, 5.41) is 11.8. The van der Waals surface area contributed by atoms with Crippen LogP contribution in [0.2, 0.25) is 0 Å². The largest absolute Gasteiger partial charge is 0.384 e. The van der Waals surface area contributed by atoms with E-state index in [0.29, 0.717) is 34.4 Å². The smallest absolute Gasteiger partial charge is 0.272 e. The maximum Gasteiger partial charge on any atom is 0.272 e. The molecule has 8 heteroatoms. The average Bonchev–Trinajstić information content (AvgIpc) is 3.51. The first-order chi connectivity index (χ1) is 15.8. The van der Waals surface area contributed by atoms with Crippen molar-refractivity contribution in [1.82, 2.24) is 19.3 Å². The summed E-state index contributed by atoms with van der Waals surface area (Å²) < 4.78 is 3.21. The fraction of sp³-hybridized carbons (Fsp3) is 0.240. The van der Waals surface area contributed by atoms with Gasteiger partial charge in [0.05, 0.1) is 16.4 Å². The summed E-state index contributed by atoms with van der Waals surface area (Å²) in [7, 11) is 3.50. The number of hydrogen-bond donors (Lipinski definition) is 2. The van der Waals surface area contributed by atoms with E-state index in [-0.39, 0.29) is 17.2 Å². The quantitative estimate of drug-likeness (QED) is 0.271. The van der Waals surface area contributed by atoms with Crippen molar-refractivity contribution >= 4 is 22.7 Å². The van der Waals surface area contributed by atoms with E-state index in [1.54, 1.807) is 47.7 Å². The number of aromatic nitrogens is 4. The number of amidine groups is 1. The molecule has 0 unspecified atom stereocenters. The molecule has 2 aromatic heterocycles. The first-order valence-electron chi connectivity index (χ1n) is 10.8. The van der Waals surface area contributed by atoms with Gasteiger partial charge in [0.1, 0.15) is 17.2 Å². The third-order valence-electron chi connectivity index (χ3n) is 6.54. The second-order valence-corrected chi connectivity index (χ2v) is 8.67. The van der Waals surface area contributed by atoms with Gasteiger partial charge >= 0.3 is 0 Å². The number of hydrogen-bond acceptors (Lipinski definition) is 5. The number of ketones is 1. The molecule has 5 rings (SSSR count). The Hall–Kier alpha value is -4.07. The highest BCUT2D eigenvalue weighted by atomic mass is 16.1. The lowest BCUT2D eigenvalue weighted by molar-refractivity contribution is 0.0936. The zero-order valence-corrected chi connectivity index (χ0v) is 18.5. The van der Waals surface area contributed by atoms with Gasteiger partial charge in [-0.2, -0.15) is 5.10 Å². The minimum absolute atomic E-state index is 0.0197. The third kappa shape index (κ3) is 3.44. The molecule has 8 nitrogen and oxygen atoms in total. The van der Waals surface area contributed by atoms with Crippen molar-refractivity contribution in [2.45, 2.75) is 24.7 Å². The molecule has 3 N–H and O–H groups in total. The Labute approximate surface area is 190 Å². The fourth-order valence-corrected chi connectivity index (χ4v) is 4.46. The van der Waals surface area contributed by atoms with Crippen molar-refractivity contribution in [2.75, 3.05) is 0 Å². The van der Waals surface area contributed by atoms with Crippen LogP contribution in [0.3, 0.4) is 0 Å². The molecule has 2 heterocycles. The second-order valence-electron chi connectivity index (χ2n) is 8.67. The van der Waals surface area contributed by atoms with E-state index in [9.17, 15) is 9.59 Å². The van der Waals surface area contributed by atoms with Gasteiger partial charge in [0, 0.05) is 32.3 Å². The number of rotatable bonds is 6. The maximum absolute atomic E-state index is 13.3. The first kappa shape index (κ1) is 20.8. The van der Waals surface area contributed by atoms with Crippen LogP contribution in [0, 0.1) is 5.41 Å². The van der Waals surface area contributed by atoms with E-state index >= 15 is 0 Å². The molecule has 166 valence electrons. The van der Waals surface area contributed by atoms with Gasteiger partial charge in [0.15, 0.2) is 5.78 Å². The highest BCUT2D eigenvalue weighted by molar-refractivity contribution is 6.05. The van der Waals surface area contributed by atoms with Gasteiger partial charge in [-0.1, -0.05) is 24.3 Å². The molecule has 0 bridgehead atoms. The van der Waals surface area contributed by atoms with E-state index in [1.807, 2.05) is 30.3 Å². The number of nitrogen functional groups attached to an aromatic ring is 1. The molecule has 0 radical (unpaired) electrons. The summed E-state index contributed by atoms with van der Waals surface area (Å²) in [6.07, 6.45) is 3.51. The molecule has 4 aromatic rings. The molecule has 1 aliphatic carbocycles. The minimum atomic E-state index is -0.561. The van der Waals surface area contributed by atoms with Crippen molar-refractivity contribution in [3.63, 3.8) is 0 Å². The van der Waals surface area contributed by atoms with E-state index in [1.165, 1.54) is 0 Å². The molecule has 2 aromatic carbocycles. The van der Waals surface area contributed by atoms with Gasteiger partial charge in [-0.3, -0.25) is 19.7 Å². The Morgan fingerprint density at radius 2 is 1.94 bits per heavy atom. The van der Waals surface area contributed by atoms with Crippen molar-refractivity contribution in [3.8, 4) is 0 Å². The second kappa shape index (κ2) is 7.51. The highest BCUT2D eigenvalue weighted by Gasteiger charge is 2.52. The van der Waals surface area contributed by atoms with E-state index < -0.39 is 5.41 Å². The van der Waals surface area contributed by atoms with Gasteiger partial charge in [-0.15, -0.1) is 0 Å². The van der Waals surface area contributed by atoms with Gasteiger partial charge in [0.2, 0.25) is 0 Å². The molecule has 0 aliphatic heterocycles. The Morgan fingerprint density at radius 3 is 2.61 bits per heavy atom. The topological polar surface area (TPSA) is 120 Å². The average molecular weight is 441 g/mol. The van der Waals surface area contributed by atoms with E-state index in [4.69, 9.17) is 16.1 Å². The molecule has 33 heavy (non-hydrogen) atoms. The SMILES string of the molecule is Cn1nccc1C(=O)C1(c2ccc3c(c2)nc(Cc2cccc(C(=N)N)c2)c(=O)n3C)CC1. The predicted molar refractivity (Wildman–Crippen MR) is 126 cm³/mol. The van der Waals surface area contributed by atoms with Crippen molar-refractivity contribution in [1.29, 1.82) is 5.41 Å². The summed E-state index contributed by atoms with van der Waals surface area (Å²) in [5.41, 5.74) is 9.64. The van der Waals surface area contributed by atoms with Crippen molar-refractivity contribution in [3.05, 3.63) is 93.2 Å². The van der Waals surface area contributed by atoms with Crippen LogP contribution in [-0.2, 0) is 25.9 Å². The lowest BCUT2D eigenvalue weighted by Crippen LogP contribution is -2.25. The van der Waals surface area contributed by atoms with Gasteiger partial charge in [-0.05, 0) is 48.2 Å². The maximum atomic E-state index is 13.3. The summed E-state index contributed by atoms with van der Waals surface area (Å²) in [4.78, 5) is 31.0.